The minimum atomic E-state index is -4.83. The second-order valence-corrected chi connectivity index (χ2v) is 7.01. The molecule has 0 radical (unpaired) electrons. The van der Waals surface area contributed by atoms with Crippen LogP contribution in [0.2, 0.25) is 0 Å². The molecule has 0 unspecified atom stereocenters. The number of fused-ring (bicyclic) bond motifs is 2. The molecule has 0 fully saturated rings. The molecule has 2 N–H and O–H groups in total. The Hall–Kier alpha value is -3.37. The fraction of sp³-hybridized carbons (Fsp3) is 0.316. The van der Waals surface area contributed by atoms with Crippen LogP contribution in [0, 0.1) is 5.82 Å². The van der Waals surface area contributed by atoms with Crippen molar-refractivity contribution < 1.29 is 27.1 Å². The summed E-state index contributed by atoms with van der Waals surface area (Å²) in [4.78, 5) is 16.9. The van der Waals surface area contributed by atoms with Crippen molar-refractivity contribution in [2.24, 2.45) is 0 Å². The van der Waals surface area contributed by atoms with Crippen molar-refractivity contribution in [3.63, 3.8) is 0 Å². The first kappa shape index (κ1) is 19.9. The molecular formula is C19H17F4N5O2. The van der Waals surface area contributed by atoms with Gasteiger partial charge in [-0.2, -0.15) is 18.3 Å². The number of carbonyl (C=O) groups excluding carboxylic acids is 1. The average molecular weight is 423 g/mol. The Morgan fingerprint density at radius 2 is 2.03 bits per heavy atom. The maximum atomic E-state index is 14.1. The first-order valence-corrected chi connectivity index (χ1v) is 9.10. The molecule has 158 valence electrons. The van der Waals surface area contributed by atoms with Crippen LogP contribution in [0.5, 0.6) is 5.75 Å². The van der Waals surface area contributed by atoms with E-state index in [4.69, 9.17) is 4.74 Å². The number of hydrogen-bond donors (Lipinski definition) is 2. The summed E-state index contributed by atoms with van der Waals surface area (Å²) in [6.07, 6.45) is -2.75. The molecule has 3 aromatic rings. The zero-order valence-corrected chi connectivity index (χ0v) is 15.9. The molecule has 11 heteroatoms. The fourth-order valence-electron chi connectivity index (χ4n) is 3.26. The summed E-state index contributed by atoms with van der Waals surface area (Å²) in [6, 6.07) is 2.16. The second kappa shape index (κ2) is 7.15. The Labute approximate surface area is 168 Å². The van der Waals surface area contributed by atoms with Gasteiger partial charge in [-0.1, -0.05) is 0 Å². The first-order valence-electron chi connectivity index (χ1n) is 9.10. The molecular weight excluding hydrogens is 406 g/mol. The van der Waals surface area contributed by atoms with Crippen LogP contribution in [0.3, 0.4) is 0 Å². The number of hydrogen-bond acceptors (Lipinski definition) is 5. The summed E-state index contributed by atoms with van der Waals surface area (Å²) < 4.78 is 61.9. The number of rotatable bonds is 0. The van der Waals surface area contributed by atoms with Gasteiger partial charge in [-0.15, -0.1) is 0 Å². The van der Waals surface area contributed by atoms with Crippen LogP contribution in [0.1, 0.15) is 41.4 Å². The fourth-order valence-corrected chi connectivity index (χ4v) is 3.26. The van der Waals surface area contributed by atoms with Crippen LogP contribution in [0.15, 0.2) is 30.6 Å². The van der Waals surface area contributed by atoms with E-state index in [-0.39, 0.29) is 29.1 Å². The van der Waals surface area contributed by atoms with E-state index in [0.717, 1.165) is 6.07 Å². The maximum absolute atomic E-state index is 14.1. The van der Waals surface area contributed by atoms with Crippen LogP contribution in [0.25, 0.3) is 5.65 Å². The molecule has 30 heavy (non-hydrogen) atoms. The molecule has 2 aromatic heterocycles. The highest BCUT2D eigenvalue weighted by Gasteiger charge is 2.37. The molecule has 4 rings (SSSR count). The smallest absolute Gasteiger partial charge is 0.420 e. The number of benzene rings is 1. The van der Waals surface area contributed by atoms with Gasteiger partial charge < -0.3 is 15.4 Å². The number of aromatic nitrogens is 3. The Balaban J connectivity index is 1.88. The number of ether oxygens (including phenoxy) is 1. The van der Waals surface area contributed by atoms with Gasteiger partial charge >= 0.3 is 6.18 Å². The second-order valence-electron chi connectivity index (χ2n) is 7.01. The predicted molar refractivity (Wildman–Crippen MR) is 98.8 cm³/mol. The van der Waals surface area contributed by atoms with Crippen molar-refractivity contribution in [3.8, 4) is 5.75 Å². The minimum Gasteiger partial charge on any atom is -0.488 e. The highest BCUT2D eigenvalue weighted by molar-refractivity contribution is 5.99. The van der Waals surface area contributed by atoms with E-state index in [2.05, 4.69) is 20.7 Å². The lowest BCUT2D eigenvalue weighted by atomic mass is 10.0. The normalized spacial score (nSPS) is 19.7. The SMILES string of the molecule is C[C@H]1CNC(=O)c2cnn3ccc(nc23)N[C@H](C)c2cc(F)cc(C(F)(F)F)c2O1. The van der Waals surface area contributed by atoms with Crippen molar-refractivity contribution in [1.29, 1.82) is 0 Å². The Morgan fingerprint density at radius 3 is 2.77 bits per heavy atom. The Bertz CT molecular complexity index is 1130. The third-order valence-corrected chi connectivity index (χ3v) is 4.70. The van der Waals surface area contributed by atoms with E-state index in [1.54, 1.807) is 19.2 Å². The Morgan fingerprint density at radius 1 is 1.27 bits per heavy atom. The van der Waals surface area contributed by atoms with Gasteiger partial charge in [-0.25, -0.2) is 13.9 Å². The third-order valence-electron chi connectivity index (χ3n) is 4.70. The largest absolute Gasteiger partial charge is 0.488 e. The van der Waals surface area contributed by atoms with E-state index < -0.39 is 41.4 Å². The summed E-state index contributed by atoms with van der Waals surface area (Å²) in [5, 5.41) is 9.62. The lowest BCUT2D eigenvalue weighted by Gasteiger charge is -2.25. The highest BCUT2D eigenvalue weighted by atomic mass is 19.4. The molecule has 0 saturated heterocycles. The van der Waals surface area contributed by atoms with Gasteiger partial charge in [-0.3, -0.25) is 4.79 Å². The quantitative estimate of drug-likeness (QED) is 0.541. The predicted octanol–water partition coefficient (Wildman–Crippen LogP) is 3.57. The molecule has 1 amide bonds. The van der Waals surface area contributed by atoms with Gasteiger partial charge in [0.15, 0.2) is 5.65 Å². The van der Waals surface area contributed by atoms with E-state index in [9.17, 15) is 22.4 Å². The lowest BCUT2D eigenvalue weighted by Crippen LogP contribution is -2.34. The van der Waals surface area contributed by atoms with Gasteiger partial charge in [0.2, 0.25) is 0 Å². The van der Waals surface area contributed by atoms with Gasteiger partial charge in [0, 0.05) is 11.8 Å². The summed E-state index contributed by atoms with van der Waals surface area (Å²) in [6.45, 7) is 3.00. The van der Waals surface area contributed by atoms with E-state index in [0.29, 0.717) is 6.07 Å². The third kappa shape index (κ3) is 3.62. The van der Waals surface area contributed by atoms with Gasteiger partial charge in [-0.05, 0) is 32.0 Å². The lowest BCUT2D eigenvalue weighted by molar-refractivity contribution is -0.139. The molecule has 7 nitrogen and oxygen atoms in total. The number of alkyl halides is 3. The molecule has 1 aliphatic rings. The average Bonchev–Trinajstić information content (AvgIpc) is 3.09. The molecule has 1 aromatic carbocycles. The minimum absolute atomic E-state index is 0.0184. The summed E-state index contributed by atoms with van der Waals surface area (Å²) in [5.74, 6) is -1.74. The summed E-state index contributed by atoms with van der Waals surface area (Å²) in [7, 11) is 0. The van der Waals surface area contributed by atoms with E-state index in [1.807, 2.05) is 0 Å². The Kier molecular flexibility index (Phi) is 4.75. The number of nitrogens with one attached hydrogen (secondary N) is 2. The van der Waals surface area contributed by atoms with E-state index in [1.165, 1.54) is 17.6 Å². The van der Waals surface area contributed by atoms with Crippen LogP contribution < -0.4 is 15.4 Å². The van der Waals surface area contributed by atoms with Crippen molar-refractivity contribution >= 4 is 17.4 Å². The number of nitrogens with zero attached hydrogens (tertiary/aromatic N) is 3. The van der Waals surface area contributed by atoms with Crippen LogP contribution in [-0.4, -0.2) is 33.2 Å². The van der Waals surface area contributed by atoms with Crippen LogP contribution in [-0.2, 0) is 6.18 Å². The van der Waals surface area contributed by atoms with Crippen LogP contribution >= 0.6 is 0 Å². The summed E-state index contributed by atoms with van der Waals surface area (Å²) >= 11 is 0. The van der Waals surface area contributed by atoms with Crippen molar-refractivity contribution in [2.75, 3.05) is 11.9 Å². The topological polar surface area (TPSA) is 80.6 Å². The van der Waals surface area contributed by atoms with Crippen LogP contribution in [0.4, 0.5) is 23.4 Å². The molecule has 0 aliphatic carbocycles. The molecule has 0 spiro atoms. The van der Waals surface area contributed by atoms with E-state index >= 15 is 0 Å². The number of carbonyl (C=O) groups is 1. The zero-order valence-electron chi connectivity index (χ0n) is 15.9. The van der Waals surface area contributed by atoms with Gasteiger partial charge in [0.25, 0.3) is 5.91 Å². The first-order chi connectivity index (χ1) is 14.1. The number of anilines is 1. The molecule has 1 aliphatic heterocycles. The van der Waals surface area contributed by atoms with Crippen molar-refractivity contribution in [2.45, 2.75) is 32.2 Å². The van der Waals surface area contributed by atoms with Gasteiger partial charge in [0.05, 0.1) is 18.8 Å². The number of amides is 1. The monoisotopic (exact) mass is 423 g/mol. The zero-order chi connectivity index (χ0) is 21.6. The maximum Gasteiger partial charge on any atom is 0.420 e. The van der Waals surface area contributed by atoms with Gasteiger partial charge in [0.1, 0.15) is 34.6 Å². The molecule has 3 heterocycles. The standard InChI is InChI=1S/C19H17F4N5O2/c1-9-7-24-18(29)13-8-25-28-4-3-15(27-17(13)28)26-10(2)12-5-11(20)6-14(16(12)30-9)19(21,22)23/h3-6,8-10H,7H2,1-2H3,(H,24,29)(H,26,27)/t9-,10+/m0/s1. The number of halogens is 4. The highest BCUT2D eigenvalue weighted by Crippen LogP contribution is 2.42. The molecule has 2 atom stereocenters. The molecule has 0 saturated carbocycles. The molecule has 2 bridgehead atoms. The summed E-state index contributed by atoms with van der Waals surface area (Å²) in [5.41, 5.74) is -0.764. The van der Waals surface area contributed by atoms with Crippen molar-refractivity contribution in [3.05, 3.63) is 53.1 Å². The van der Waals surface area contributed by atoms with Crippen molar-refractivity contribution in [1.82, 2.24) is 19.9 Å².